The zero-order chi connectivity index (χ0) is 13.1. The minimum Gasteiger partial charge on any atom is -0.481 e. The fourth-order valence-corrected chi connectivity index (χ4v) is 1.86. The highest BCUT2D eigenvalue weighted by molar-refractivity contribution is 6.44. The zero-order valence-electron chi connectivity index (χ0n) is 9.48. The number of halogens is 2. The maximum Gasteiger partial charge on any atom is 0.213 e. The molecule has 0 saturated heterocycles. The molecule has 0 fully saturated rings. The number of carbonyl (C=O) groups is 1. The van der Waals surface area contributed by atoms with Crippen LogP contribution in [0.5, 0.6) is 5.88 Å². The van der Waals surface area contributed by atoms with Crippen molar-refractivity contribution in [2.75, 3.05) is 7.11 Å². The molecule has 0 aliphatic rings. The fraction of sp³-hybridized carbons (Fsp3) is 0.0769. The molecule has 0 atom stereocenters. The molecular formula is C13H9Cl2NO2. The van der Waals surface area contributed by atoms with Crippen molar-refractivity contribution in [1.29, 1.82) is 0 Å². The minimum absolute atomic E-state index is 0.230. The number of hydrogen-bond acceptors (Lipinski definition) is 3. The number of aromatic nitrogens is 1. The second-order valence-electron chi connectivity index (χ2n) is 3.50. The van der Waals surface area contributed by atoms with Gasteiger partial charge in [-0.05, 0) is 18.2 Å². The first-order valence-corrected chi connectivity index (χ1v) is 5.89. The quantitative estimate of drug-likeness (QED) is 0.807. The molecule has 0 radical (unpaired) electrons. The Hall–Kier alpha value is -1.58. The van der Waals surface area contributed by atoms with E-state index in [0.29, 0.717) is 16.5 Å². The van der Waals surface area contributed by atoms with E-state index in [9.17, 15) is 4.79 Å². The molecule has 0 aliphatic carbocycles. The Morgan fingerprint density at radius 3 is 2.61 bits per heavy atom. The summed E-state index contributed by atoms with van der Waals surface area (Å²) in [4.78, 5) is 16.3. The molecule has 2 rings (SSSR count). The van der Waals surface area contributed by atoms with Crippen LogP contribution >= 0.6 is 23.2 Å². The lowest BCUT2D eigenvalue weighted by Gasteiger charge is -2.05. The monoisotopic (exact) mass is 281 g/mol. The number of nitrogens with zero attached hydrogens (tertiary/aromatic N) is 1. The van der Waals surface area contributed by atoms with Crippen molar-refractivity contribution < 1.29 is 9.53 Å². The smallest absolute Gasteiger partial charge is 0.213 e. The van der Waals surface area contributed by atoms with E-state index in [0.717, 1.165) is 0 Å². The summed E-state index contributed by atoms with van der Waals surface area (Å²) >= 11 is 11.9. The molecule has 0 aliphatic heterocycles. The molecule has 0 N–H and O–H groups in total. The molecule has 0 amide bonds. The normalized spacial score (nSPS) is 10.2. The van der Waals surface area contributed by atoms with Crippen LogP contribution in [0.3, 0.4) is 0 Å². The first-order chi connectivity index (χ1) is 8.63. The molecule has 0 saturated carbocycles. The van der Waals surface area contributed by atoms with Crippen molar-refractivity contribution in [3.63, 3.8) is 0 Å². The summed E-state index contributed by atoms with van der Waals surface area (Å²) in [6.07, 6.45) is 0. The minimum atomic E-state index is -0.290. The van der Waals surface area contributed by atoms with Crippen LogP contribution in [0.25, 0.3) is 0 Å². The van der Waals surface area contributed by atoms with Gasteiger partial charge in [-0.15, -0.1) is 0 Å². The van der Waals surface area contributed by atoms with Crippen LogP contribution in [0.4, 0.5) is 0 Å². The summed E-state index contributed by atoms with van der Waals surface area (Å²) in [5.74, 6) is 0.0837. The third kappa shape index (κ3) is 2.47. The lowest BCUT2D eigenvalue weighted by Crippen LogP contribution is -2.05. The van der Waals surface area contributed by atoms with E-state index in [1.165, 1.54) is 7.11 Å². The van der Waals surface area contributed by atoms with Gasteiger partial charge in [0.15, 0.2) is 0 Å². The Kier molecular flexibility index (Phi) is 3.84. The predicted molar refractivity (Wildman–Crippen MR) is 70.7 cm³/mol. The molecule has 1 aromatic heterocycles. The molecular weight excluding hydrogens is 273 g/mol. The highest BCUT2D eigenvalue weighted by Crippen LogP contribution is 2.27. The number of hydrogen-bond donors (Lipinski definition) is 0. The van der Waals surface area contributed by atoms with Crippen LogP contribution in [0.2, 0.25) is 10.0 Å². The van der Waals surface area contributed by atoms with Gasteiger partial charge in [-0.3, -0.25) is 4.79 Å². The maximum absolute atomic E-state index is 12.2. The van der Waals surface area contributed by atoms with Crippen molar-refractivity contribution in [3.8, 4) is 5.88 Å². The van der Waals surface area contributed by atoms with E-state index in [4.69, 9.17) is 27.9 Å². The van der Waals surface area contributed by atoms with Crippen LogP contribution in [-0.2, 0) is 0 Å². The number of benzene rings is 1. The van der Waals surface area contributed by atoms with Gasteiger partial charge < -0.3 is 4.74 Å². The van der Waals surface area contributed by atoms with Gasteiger partial charge in [0.2, 0.25) is 11.7 Å². The molecule has 0 unspecified atom stereocenters. The number of pyridine rings is 1. The first kappa shape index (κ1) is 12.9. The predicted octanol–water partition coefficient (Wildman–Crippen LogP) is 3.63. The van der Waals surface area contributed by atoms with Gasteiger partial charge in [0.05, 0.1) is 17.2 Å². The second kappa shape index (κ2) is 5.38. The van der Waals surface area contributed by atoms with Gasteiger partial charge in [-0.25, -0.2) is 4.98 Å². The van der Waals surface area contributed by atoms with Gasteiger partial charge in [-0.1, -0.05) is 35.3 Å². The fourth-order valence-electron chi connectivity index (χ4n) is 1.47. The average molecular weight is 282 g/mol. The zero-order valence-corrected chi connectivity index (χ0v) is 11.0. The standard InChI is InChI=1S/C13H9Cl2NO2/c1-18-11-7-3-6-10(16-11)13(17)8-4-2-5-9(14)12(8)15/h2-7H,1H3. The highest BCUT2D eigenvalue weighted by Gasteiger charge is 2.16. The van der Waals surface area contributed by atoms with Gasteiger partial charge in [0.25, 0.3) is 0 Å². The summed E-state index contributed by atoms with van der Waals surface area (Å²) in [7, 11) is 1.49. The number of methoxy groups -OCH3 is 1. The topological polar surface area (TPSA) is 39.2 Å². The van der Waals surface area contributed by atoms with Gasteiger partial charge in [0.1, 0.15) is 5.69 Å². The number of carbonyl (C=O) groups excluding carboxylic acids is 1. The summed E-state index contributed by atoms with van der Waals surface area (Å²) in [5.41, 5.74) is 0.587. The Labute approximate surface area is 114 Å². The van der Waals surface area contributed by atoms with Crippen molar-refractivity contribution in [2.24, 2.45) is 0 Å². The van der Waals surface area contributed by atoms with Gasteiger partial charge in [-0.2, -0.15) is 0 Å². The van der Waals surface area contributed by atoms with E-state index < -0.39 is 0 Å². The summed E-state index contributed by atoms with van der Waals surface area (Å²) in [6.45, 7) is 0. The third-order valence-corrected chi connectivity index (χ3v) is 3.18. The second-order valence-corrected chi connectivity index (χ2v) is 4.28. The molecule has 1 heterocycles. The Morgan fingerprint density at radius 1 is 1.17 bits per heavy atom. The number of ether oxygens (including phenoxy) is 1. The Bertz CT molecular complexity index is 599. The lowest BCUT2D eigenvalue weighted by molar-refractivity contribution is 0.103. The Balaban J connectivity index is 2.44. The highest BCUT2D eigenvalue weighted by atomic mass is 35.5. The molecule has 92 valence electrons. The summed E-state index contributed by atoms with van der Waals surface area (Å²) in [6, 6.07) is 9.86. The van der Waals surface area contributed by atoms with Crippen molar-refractivity contribution in [2.45, 2.75) is 0 Å². The van der Waals surface area contributed by atoms with E-state index in [1.54, 1.807) is 36.4 Å². The van der Waals surface area contributed by atoms with Crippen molar-refractivity contribution in [3.05, 3.63) is 57.7 Å². The van der Waals surface area contributed by atoms with Crippen LogP contribution in [0.1, 0.15) is 16.1 Å². The van der Waals surface area contributed by atoms with Crippen LogP contribution in [0.15, 0.2) is 36.4 Å². The SMILES string of the molecule is COc1cccc(C(=O)c2cccc(Cl)c2Cl)n1. The molecule has 1 aromatic carbocycles. The molecule has 3 nitrogen and oxygen atoms in total. The maximum atomic E-state index is 12.2. The van der Waals surface area contributed by atoms with E-state index in [-0.39, 0.29) is 16.5 Å². The van der Waals surface area contributed by atoms with Crippen molar-refractivity contribution >= 4 is 29.0 Å². The Morgan fingerprint density at radius 2 is 1.89 bits per heavy atom. The largest absolute Gasteiger partial charge is 0.481 e. The van der Waals surface area contributed by atoms with Gasteiger partial charge in [0, 0.05) is 11.6 Å². The average Bonchev–Trinajstić information content (AvgIpc) is 2.41. The number of ketones is 1. The van der Waals surface area contributed by atoms with Crippen LogP contribution < -0.4 is 4.74 Å². The molecule has 5 heteroatoms. The van der Waals surface area contributed by atoms with Gasteiger partial charge >= 0.3 is 0 Å². The van der Waals surface area contributed by atoms with E-state index >= 15 is 0 Å². The van der Waals surface area contributed by atoms with Crippen LogP contribution in [-0.4, -0.2) is 17.9 Å². The molecule has 18 heavy (non-hydrogen) atoms. The lowest BCUT2D eigenvalue weighted by atomic mass is 10.1. The van der Waals surface area contributed by atoms with Crippen LogP contribution in [0, 0.1) is 0 Å². The summed E-state index contributed by atoms with van der Waals surface area (Å²) in [5, 5.41) is 0.569. The molecule has 0 bridgehead atoms. The summed E-state index contributed by atoms with van der Waals surface area (Å²) < 4.78 is 4.97. The number of rotatable bonds is 3. The van der Waals surface area contributed by atoms with E-state index in [1.807, 2.05) is 0 Å². The first-order valence-electron chi connectivity index (χ1n) is 5.13. The van der Waals surface area contributed by atoms with Crippen molar-refractivity contribution in [1.82, 2.24) is 4.98 Å². The molecule has 0 spiro atoms. The molecule has 2 aromatic rings. The van der Waals surface area contributed by atoms with E-state index in [2.05, 4.69) is 4.98 Å². The third-order valence-electron chi connectivity index (χ3n) is 2.36.